The van der Waals surface area contributed by atoms with Crippen molar-refractivity contribution in [3.8, 4) is 0 Å². The number of hydrogen-bond donors (Lipinski definition) is 1. The molecule has 1 aliphatic heterocycles. The van der Waals surface area contributed by atoms with E-state index in [9.17, 15) is 5.11 Å². The monoisotopic (exact) mass is 568 g/mol. The Morgan fingerprint density at radius 2 is 1.26 bits per heavy atom. The molecule has 1 N–H and O–H groups in total. The van der Waals surface area contributed by atoms with E-state index >= 15 is 0 Å². The van der Waals surface area contributed by atoms with Crippen molar-refractivity contribution in [2.75, 3.05) is 0 Å². The summed E-state index contributed by atoms with van der Waals surface area (Å²) in [5.74, 6) is 0. The van der Waals surface area contributed by atoms with Crippen molar-refractivity contribution in [2.24, 2.45) is 10.8 Å². The third kappa shape index (κ3) is 8.03. The van der Waals surface area contributed by atoms with Crippen LogP contribution in [-0.2, 0) is 4.74 Å². The Balaban J connectivity index is 1.50. The predicted molar refractivity (Wildman–Crippen MR) is 182 cm³/mol. The predicted octanol–water partition coefficient (Wildman–Crippen LogP) is 10.8. The SMILES string of the molecule is CC1=C(/C=C/C(C)=C/C=C/C(C)=C/C=C/C=C(C)/C=C/C=C(C)/C=C/[C@]23O[C@@]2(C)CC[C@@H](O)C3(C)C)C(C)(C)CCC1. The van der Waals surface area contributed by atoms with E-state index in [4.69, 9.17) is 4.74 Å². The number of aliphatic hydroxyl groups excluding tert-OH is 1. The first-order chi connectivity index (χ1) is 19.6. The van der Waals surface area contributed by atoms with Crippen molar-refractivity contribution < 1.29 is 9.84 Å². The second kappa shape index (κ2) is 13.7. The molecule has 0 aromatic heterocycles. The quantitative estimate of drug-likeness (QED) is 0.210. The second-order valence-corrected chi connectivity index (χ2v) is 14.2. The Kier molecular flexibility index (Phi) is 11.1. The maximum absolute atomic E-state index is 10.6. The minimum absolute atomic E-state index is 0.160. The summed E-state index contributed by atoms with van der Waals surface area (Å²) in [5.41, 5.74) is 7.31. The lowest BCUT2D eigenvalue weighted by molar-refractivity contribution is -0.00901. The molecule has 2 fully saturated rings. The van der Waals surface area contributed by atoms with Gasteiger partial charge in [-0.15, -0.1) is 0 Å². The fourth-order valence-electron chi connectivity index (χ4n) is 6.64. The number of fused-ring (bicyclic) bond motifs is 1. The Hall–Kier alpha value is -2.68. The molecule has 3 rings (SSSR count). The van der Waals surface area contributed by atoms with Gasteiger partial charge < -0.3 is 9.84 Å². The van der Waals surface area contributed by atoms with Gasteiger partial charge in [0, 0.05) is 5.41 Å². The highest BCUT2D eigenvalue weighted by atomic mass is 16.6. The van der Waals surface area contributed by atoms with E-state index < -0.39 is 0 Å². The number of aliphatic hydroxyl groups is 1. The molecule has 3 atom stereocenters. The topological polar surface area (TPSA) is 32.8 Å². The minimum atomic E-state index is -0.382. The number of rotatable bonds is 10. The maximum Gasteiger partial charge on any atom is 0.124 e. The Bertz CT molecular complexity index is 1300. The molecule has 42 heavy (non-hydrogen) atoms. The van der Waals surface area contributed by atoms with Crippen LogP contribution in [0.1, 0.15) is 101 Å². The van der Waals surface area contributed by atoms with Gasteiger partial charge in [-0.1, -0.05) is 135 Å². The second-order valence-electron chi connectivity index (χ2n) is 14.2. The van der Waals surface area contributed by atoms with Crippen molar-refractivity contribution >= 4 is 0 Å². The number of hydrogen-bond acceptors (Lipinski definition) is 2. The molecule has 0 spiro atoms. The fourth-order valence-corrected chi connectivity index (χ4v) is 6.64. The standard InChI is InChI=1S/C40H56O2/c1-30(18-13-20-32(3)23-24-35-34(5)22-15-27-37(35,6)7)16-11-12-17-31(2)19-14-21-33(4)25-29-40-38(8,9)36(41)26-28-39(40,10)42-40/h11-14,16-21,23-25,29,36,41H,15,22,26-28H2,1-10H3/b12-11+,18-13+,19-14+,24-23+,29-25+,30-16+,31-17+,32-20+,33-21+/t36-,39+,40-/m1/s1. The molecule has 1 heterocycles. The van der Waals surface area contributed by atoms with Crippen LogP contribution in [0.4, 0.5) is 0 Å². The number of epoxide rings is 1. The van der Waals surface area contributed by atoms with Gasteiger partial charge in [0.15, 0.2) is 0 Å². The van der Waals surface area contributed by atoms with Gasteiger partial charge in [0.1, 0.15) is 5.60 Å². The average molecular weight is 569 g/mol. The van der Waals surface area contributed by atoms with E-state index in [2.05, 4.69) is 154 Å². The van der Waals surface area contributed by atoms with Crippen LogP contribution < -0.4 is 0 Å². The molecule has 2 nitrogen and oxygen atoms in total. The lowest BCUT2D eigenvalue weighted by atomic mass is 9.62. The Morgan fingerprint density at radius 3 is 1.83 bits per heavy atom. The zero-order valence-corrected chi connectivity index (χ0v) is 28.1. The van der Waals surface area contributed by atoms with Crippen LogP contribution in [0.25, 0.3) is 0 Å². The first-order valence-corrected chi connectivity index (χ1v) is 15.8. The molecule has 1 saturated carbocycles. The smallest absolute Gasteiger partial charge is 0.124 e. The highest BCUT2D eigenvalue weighted by Crippen LogP contribution is 2.66. The molecule has 0 aromatic rings. The summed E-state index contributed by atoms with van der Waals surface area (Å²) in [6.07, 6.45) is 35.3. The van der Waals surface area contributed by atoms with Crippen LogP contribution in [-0.4, -0.2) is 22.4 Å². The molecule has 0 aromatic carbocycles. The van der Waals surface area contributed by atoms with E-state index in [1.54, 1.807) is 0 Å². The summed E-state index contributed by atoms with van der Waals surface area (Å²) in [7, 11) is 0. The molecule has 2 heteroatoms. The van der Waals surface area contributed by atoms with E-state index in [0.29, 0.717) is 0 Å². The van der Waals surface area contributed by atoms with Gasteiger partial charge in [0.05, 0.1) is 11.7 Å². The highest BCUT2D eigenvalue weighted by Gasteiger charge is 2.75. The minimum Gasteiger partial charge on any atom is -0.392 e. The van der Waals surface area contributed by atoms with Gasteiger partial charge >= 0.3 is 0 Å². The van der Waals surface area contributed by atoms with Gasteiger partial charge in [-0.3, -0.25) is 0 Å². The lowest BCUT2D eigenvalue weighted by Crippen LogP contribution is -2.49. The molecule has 0 bridgehead atoms. The number of allylic oxidation sites excluding steroid dienone is 19. The van der Waals surface area contributed by atoms with Crippen molar-refractivity contribution in [3.63, 3.8) is 0 Å². The highest BCUT2D eigenvalue weighted by molar-refractivity contribution is 5.38. The first-order valence-electron chi connectivity index (χ1n) is 15.8. The summed E-state index contributed by atoms with van der Waals surface area (Å²) >= 11 is 0. The van der Waals surface area contributed by atoms with Crippen molar-refractivity contribution in [1.82, 2.24) is 0 Å². The summed E-state index contributed by atoms with van der Waals surface area (Å²) in [5, 5.41) is 10.6. The van der Waals surface area contributed by atoms with E-state index in [-0.39, 0.29) is 28.1 Å². The van der Waals surface area contributed by atoms with Crippen LogP contribution in [0, 0.1) is 10.8 Å². The van der Waals surface area contributed by atoms with Crippen LogP contribution in [0.15, 0.2) is 119 Å². The van der Waals surface area contributed by atoms with Crippen molar-refractivity contribution in [3.05, 3.63) is 119 Å². The summed E-state index contributed by atoms with van der Waals surface area (Å²) < 4.78 is 6.25. The largest absolute Gasteiger partial charge is 0.392 e. The molecule has 1 saturated heterocycles. The maximum atomic E-state index is 10.6. The molecule has 3 aliphatic rings. The van der Waals surface area contributed by atoms with Crippen LogP contribution in [0.5, 0.6) is 0 Å². The molecule has 228 valence electrons. The summed E-state index contributed by atoms with van der Waals surface area (Å²) in [6, 6.07) is 0. The Labute approximate surface area is 257 Å². The summed E-state index contributed by atoms with van der Waals surface area (Å²) in [6.45, 7) is 21.9. The van der Waals surface area contributed by atoms with Gasteiger partial charge in [-0.05, 0) is 90.7 Å². The van der Waals surface area contributed by atoms with Crippen molar-refractivity contribution in [1.29, 1.82) is 0 Å². The molecule has 2 aliphatic carbocycles. The van der Waals surface area contributed by atoms with Crippen LogP contribution >= 0.6 is 0 Å². The van der Waals surface area contributed by atoms with Gasteiger partial charge in [0.2, 0.25) is 0 Å². The van der Waals surface area contributed by atoms with E-state index in [0.717, 1.165) is 18.4 Å². The zero-order valence-electron chi connectivity index (χ0n) is 28.1. The molecule has 0 amide bonds. The summed E-state index contributed by atoms with van der Waals surface area (Å²) in [4.78, 5) is 0. The van der Waals surface area contributed by atoms with Crippen LogP contribution in [0.3, 0.4) is 0 Å². The molecule has 0 unspecified atom stereocenters. The molecular formula is C40H56O2. The first kappa shape index (κ1) is 33.8. The van der Waals surface area contributed by atoms with Gasteiger partial charge in [-0.2, -0.15) is 0 Å². The number of ether oxygens (including phenoxy) is 1. The molecule has 0 radical (unpaired) electrons. The Morgan fingerprint density at radius 1 is 0.738 bits per heavy atom. The average Bonchev–Trinajstić information content (AvgIpc) is 3.54. The molecular weight excluding hydrogens is 512 g/mol. The van der Waals surface area contributed by atoms with Gasteiger partial charge in [-0.25, -0.2) is 0 Å². The lowest BCUT2D eigenvalue weighted by Gasteiger charge is -2.40. The third-order valence-corrected chi connectivity index (χ3v) is 9.72. The van der Waals surface area contributed by atoms with Crippen LogP contribution in [0.2, 0.25) is 0 Å². The van der Waals surface area contributed by atoms with Crippen molar-refractivity contribution in [2.45, 2.75) is 119 Å². The zero-order chi connectivity index (χ0) is 31.2. The van der Waals surface area contributed by atoms with E-state index in [1.807, 2.05) is 0 Å². The third-order valence-electron chi connectivity index (χ3n) is 9.72. The van der Waals surface area contributed by atoms with E-state index in [1.165, 1.54) is 47.1 Å². The van der Waals surface area contributed by atoms with Gasteiger partial charge in [0.25, 0.3) is 0 Å². The fraction of sp³-hybridized carbons (Fsp3) is 0.500. The normalized spacial score (nSPS) is 31.0.